The maximum absolute atomic E-state index is 4.62. The zero-order chi connectivity index (χ0) is 21.9. The van der Waals surface area contributed by atoms with E-state index in [-0.39, 0.29) is 0 Å². The predicted octanol–water partition coefficient (Wildman–Crippen LogP) is 5.73. The molecule has 5 rings (SSSR count). The monoisotopic (exact) mass is 418 g/mol. The summed E-state index contributed by atoms with van der Waals surface area (Å²) in [5, 5.41) is 8.82. The van der Waals surface area contributed by atoms with Crippen molar-refractivity contribution in [2.24, 2.45) is 0 Å². The molecule has 0 bridgehead atoms. The first-order chi connectivity index (χ1) is 15.7. The molecule has 5 aromatic rings. The minimum atomic E-state index is 0.883. The van der Waals surface area contributed by atoms with Crippen molar-refractivity contribution < 1.29 is 0 Å². The Kier molecular flexibility index (Phi) is 5.17. The lowest BCUT2D eigenvalue weighted by Gasteiger charge is -2.06. The number of fused-ring (bicyclic) bond motifs is 1. The summed E-state index contributed by atoms with van der Waals surface area (Å²) in [6, 6.07) is 12.4. The van der Waals surface area contributed by atoms with Crippen LogP contribution in [0.15, 0.2) is 85.7 Å². The van der Waals surface area contributed by atoms with Crippen LogP contribution in [0.1, 0.15) is 23.7 Å². The molecule has 0 aliphatic heterocycles. The van der Waals surface area contributed by atoms with E-state index in [1.165, 1.54) is 6.33 Å². The van der Waals surface area contributed by atoms with Gasteiger partial charge in [-0.2, -0.15) is 5.10 Å². The second kappa shape index (κ2) is 8.43. The quantitative estimate of drug-likeness (QED) is 0.357. The Morgan fingerprint density at radius 3 is 2.53 bits per heavy atom. The molecule has 0 atom stereocenters. The van der Waals surface area contributed by atoms with Crippen LogP contribution in [0.4, 0.5) is 0 Å². The van der Waals surface area contributed by atoms with Crippen molar-refractivity contribution in [2.75, 3.05) is 0 Å². The van der Waals surface area contributed by atoms with Gasteiger partial charge in [-0.25, -0.2) is 9.97 Å². The van der Waals surface area contributed by atoms with E-state index in [0.29, 0.717) is 0 Å². The highest BCUT2D eigenvalue weighted by atomic mass is 15.1. The van der Waals surface area contributed by atoms with Gasteiger partial charge < -0.3 is 4.98 Å². The molecule has 0 fully saturated rings. The number of pyridine rings is 1. The average molecular weight is 419 g/mol. The minimum Gasteiger partial charge on any atom is -0.357 e. The van der Waals surface area contributed by atoms with Gasteiger partial charge in [0, 0.05) is 47.0 Å². The number of aryl methyl sites for hydroxylation is 1. The fraction of sp³-hybridized carbons (Fsp3) is 0.0769. The molecule has 0 amide bonds. The van der Waals surface area contributed by atoms with Crippen molar-refractivity contribution in [3.05, 3.63) is 103 Å². The number of aromatic nitrogens is 6. The van der Waals surface area contributed by atoms with E-state index in [2.05, 4.69) is 67.4 Å². The van der Waals surface area contributed by atoms with Gasteiger partial charge in [-0.05, 0) is 60.9 Å². The average Bonchev–Trinajstić information content (AvgIpc) is 3.43. The first-order valence-corrected chi connectivity index (χ1v) is 10.4. The van der Waals surface area contributed by atoms with Crippen LogP contribution in [0.3, 0.4) is 0 Å². The standard InChI is InChI=1S/C26H22N6/c1-3-4-5-21(18-8-10-27-11-9-18)22-13-25(30-17(22)2)26-23-12-19(6-7-24(23)31-32-26)20-14-28-16-29-15-20/h3-16,30H,1-2H3,(H,31,32)/b4-3-,21-5-. The number of allylic oxidation sites excluding steroid dienone is 3. The van der Waals surface area contributed by atoms with Crippen LogP contribution >= 0.6 is 0 Å². The summed E-state index contributed by atoms with van der Waals surface area (Å²) in [4.78, 5) is 16.0. The van der Waals surface area contributed by atoms with Gasteiger partial charge in [0.25, 0.3) is 0 Å². The van der Waals surface area contributed by atoms with E-state index in [1.807, 2.05) is 56.0 Å². The van der Waals surface area contributed by atoms with E-state index in [0.717, 1.165) is 55.8 Å². The molecule has 0 aliphatic rings. The Balaban J connectivity index is 1.62. The van der Waals surface area contributed by atoms with Crippen LogP contribution in [-0.2, 0) is 0 Å². The summed E-state index contributed by atoms with van der Waals surface area (Å²) >= 11 is 0. The summed E-state index contributed by atoms with van der Waals surface area (Å²) in [6.07, 6.45) is 15.0. The fourth-order valence-corrected chi connectivity index (χ4v) is 3.88. The van der Waals surface area contributed by atoms with Crippen LogP contribution in [0.2, 0.25) is 0 Å². The third-order valence-electron chi connectivity index (χ3n) is 5.46. The van der Waals surface area contributed by atoms with Crippen molar-refractivity contribution in [3.63, 3.8) is 0 Å². The smallest absolute Gasteiger partial charge is 0.116 e. The molecule has 0 saturated carbocycles. The third-order valence-corrected chi connectivity index (χ3v) is 5.46. The summed E-state index contributed by atoms with van der Waals surface area (Å²) < 4.78 is 0. The molecule has 0 unspecified atom stereocenters. The largest absolute Gasteiger partial charge is 0.357 e. The van der Waals surface area contributed by atoms with Gasteiger partial charge in [0.15, 0.2) is 0 Å². The van der Waals surface area contributed by atoms with Gasteiger partial charge in [-0.1, -0.05) is 24.3 Å². The number of nitrogens with zero attached hydrogens (tertiary/aromatic N) is 4. The Morgan fingerprint density at radius 2 is 1.75 bits per heavy atom. The maximum atomic E-state index is 4.62. The fourth-order valence-electron chi connectivity index (χ4n) is 3.88. The van der Waals surface area contributed by atoms with Crippen molar-refractivity contribution in [1.82, 2.24) is 30.1 Å². The molecule has 0 saturated heterocycles. The predicted molar refractivity (Wildman–Crippen MR) is 128 cm³/mol. The highest BCUT2D eigenvalue weighted by Gasteiger charge is 2.16. The van der Waals surface area contributed by atoms with E-state index in [4.69, 9.17) is 0 Å². The molecule has 2 N–H and O–H groups in total. The molecular weight excluding hydrogens is 396 g/mol. The summed E-state index contributed by atoms with van der Waals surface area (Å²) in [5.74, 6) is 0. The second-order valence-electron chi connectivity index (χ2n) is 7.52. The maximum Gasteiger partial charge on any atom is 0.116 e. The molecule has 4 aromatic heterocycles. The van der Waals surface area contributed by atoms with Crippen LogP contribution in [-0.4, -0.2) is 30.1 Å². The summed E-state index contributed by atoms with van der Waals surface area (Å²) in [5.41, 5.74) is 9.31. The van der Waals surface area contributed by atoms with Gasteiger partial charge in [-0.3, -0.25) is 10.1 Å². The van der Waals surface area contributed by atoms with Crippen LogP contribution < -0.4 is 0 Å². The van der Waals surface area contributed by atoms with Crippen molar-refractivity contribution in [3.8, 4) is 22.5 Å². The summed E-state index contributed by atoms with van der Waals surface area (Å²) in [6.45, 7) is 4.10. The van der Waals surface area contributed by atoms with Crippen LogP contribution in [0.5, 0.6) is 0 Å². The molecule has 32 heavy (non-hydrogen) atoms. The number of nitrogens with one attached hydrogen (secondary N) is 2. The number of aromatic amines is 2. The molecule has 6 heteroatoms. The lowest BCUT2D eigenvalue weighted by molar-refractivity contribution is 1.11. The van der Waals surface area contributed by atoms with Gasteiger partial charge in [-0.15, -0.1) is 0 Å². The normalized spacial score (nSPS) is 12.1. The first kappa shape index (κ1) is 19.6. The topological polar surface area (TPSA) is 83.1 Å². The first-order valence-electron chi connectivity index (χ1n) is 10.4. The van der Waals surface area contributed by atoms with Crippen molar-refractivity contribution >= 4 is 16.5 Å². The zero-order valence-corrected chi connectivity index (χ0v) is 17.9. The molecule has 0 spiro atoms. The second-order valence-corrected chi connectivity index (χ2v) is 7.52. The minimum absolute atomic E-state index is 0.883. The molecule has 0 aliphatic carbocycles. The molecule has 1 aromatic carbocycles. The number of hydrogen-bond donors (Lipinski definition) is 2. The Hall–Kier alpha value is -4.32. The number of H-pyrrole nitrogens is 2. The number of hydrogen-bond acceptors (Lipinski definition) is 4. The highest BCUT2D eigenvalue weighted by molar-refractivity contribution is 5.96. The molecular formula is C26H22N6. The van der Waals surface area contributed by atoms with E-state index in [9.17, 15) is 0 Å². The van der Waals surface area contributed by atoms with Gasteiger partial charge in [0.1, 0.15) is 12.0 Å². The third kappa shape index (κ3) is 3.63. The molecule has 4 heterocycles. The number of rotatable bonds is 5. The lowest BCUT2D eigenvalue weighted by atomic mass is 9.98. The summed E-state index contributed by atoms with van der Waals surface area (Å²) in [7, 11) is 0. The van der Waals surface area contributed by atoms with E-state index < -0.39 is 0 Å². The van der Waals surface area contributed by atoms with Crippen LogP contribution in [0.25, 0.3) is 39.0 Å². The molecule has 156 valence electrons. The number of benzene rings is 1. The van der Waals surface area contributed by atoms with Gasteiger partial charge >= 0.3 is 0 Å². The molecule has 0 radical (unpaired) electrons. The van der Waals surface area contributed by atoms with E-state index >= 15 is 0 Å². The van der Waals surface area contributed by atoms with E-state index in [1.54, 1.807) is 0 Å². The Labute approximate surface area is 185 Å². The Morgan fingerprint density at radius 1 is 0.938 bits per heavy atom. The van der Waals surface area contributed by atoms with Crippen LogP contribution in [0, 0.1) is 6.92 Å². The Bertz CT molecular complexity index is 1430. The van der Waals surface area contributed by atoms with Crippen molar-refractivity contribution in [1.29, 1.82) is 0 Å². The zero-order valence-electron chi connectivity index (χ0n) is 17.9. The van der Waals surface area contributed by atoms with Gasteiger partial charge in [0.05, 0.1) is 11.2 Å². The van der Waals surface area contributed by atoms with Crippen molar-refractivity contribution in [2.45, 2.75) is 13.8 Å². The highest BCUT2D eigenvalue weighted by Crippen LogP contribution is 2.34. The lowest BCUT2D eigenvalue weighted by Crippen LogP contribution is -1.89. The SMILES string of the molecule is C/C=C\C=C(\c1ccncc1)c1cc(-c2n[nH]c3ccc(-c4cncnc4)cc23)[nH]c1C. The molecule has 6 nitrogen and oxygen atoms in total. The van der Waals surface area contributed by atoms with Gasteiger partial charge in [0.2, 0.25) is 0 Å².